The quantitative estimate of drug-likeness (QED) is 0.579. The van der Waals surface area contributed by atoms with E-state index in [0.29, 0.717) is 19.4 Å². The van der Waals surface area contributed by atoms with E-state index in [0.717, 1.165) is 11.1 Å². The number of allylic oxidation sites excluding steroid dienone is 2. The van der Waals surface area contributed by atoms with Crippen molar-refractivity contribution in [2.24, 2.45) is 11.8 Å². The van der Waals surface area contributed by atoms with Crippen LogP contribution in [-0.4, -0.2) is 35.2 Å². The van der Waals surface area contributed by atoms with Crippen molar-refractivity contribution < 1.29 is 14.4 Å². The molecule has 3 atom stereocenters. The predicted molar refractivity (Wildman–Crippen MR) is 119 cm³/mol. The lowest BCUT2D eigenvalue weighted by Gasteiger charge is -2.32. The van der Waals surface area contributed by atoms with E-state index in [1.54, 1.807) is 6.92 Å². The molecule has 0 saturated carbocycles. The highest BCUT2D eigenvalue weighted by molar-refractivity contribution is 6.08. The smallest absolute Gasteiger partial charge is 0.243 e. The number of carbonyl (C=O) groups excluding carboxylic acids is 3. The van der Waals surface area contributed by atoms with E-state index in [-0.39, 0.29) is 29.6 Å². The number of nitrogens with zero attached hydrogens (tertiary/aromatic N) is 1. The Morgan fingerprint density at radius 2 is 1.39 bits per heavy atom. The van der Waals surface area contributed by atoms with Crippen LogP contribution < -0.4 is 5.32 Å². The molecule has 3 amide bonds. The van der Waals surface area contributed by atoms with Crippen molar-refractivity contribution in [3.8, 4) is 0 Å². The summed E-state index contributed by atoms with van der Waals surface area (Å²) < 4.78 is 0. The van der Waals surface area contributed by atoms with E-state index in [1.807, 2.05) is 72.8 Å². The molecule has 31 heavy (non-hydrogen) atoms. The topological polar surface area (TPSA) is 66.5 Å². The lowest BCUT2D eigenvalue weighted by Crippen LogP contribution is -2.50. The van der Waals surface area contributed by atoms with Crippen molar-refractivity contribution in [2.45, 2.75) is 38.1 Å². The normalized spacial score (nSPS) is 21.7. The number of rotatable bonds is 6. The van der Waals surface area contributed by atoms with Gasteiger partial charge < -0.3 is 5.32 Å². The van der Waals surface area contributed by atoms with Crippen molar-refractivity contribution in [3.05, 3.63) is 83.9 Å². The zero-order chi connectivity index (χ0) is 22.0. The number of imide groups is 1. The molecule has 2 aromatic carbocycles. The van der Waals surface area contributed by atoms with E-state index in [1.165, 1.54) is 4.90 Å². The maximum atomic E-state index is 13.1. The number of carbonyl (C=O) groups is 3. The average molecular weight is 417 g/mol. The van der Waals surface area contributed by atoms with Gasteiger partial charge in [-0.15, -0.1) is 0 Å². The van der Waals surface area contributed by atoms with Gasteiger partial charge in [0.2, 0.25) is 17.7 Å². The van der Waals surface area contributed by atoms with Gasteiger partial charge in [0, 0.05) is 12.0 Å². The Hall–Kier alpha value is -3.21. The predicted octanol–water partition coefficient (Wildman–Crippen LogP) is 3.45. The molecule has 1 saturated heterocycles. The Morgan fingerprint density at radius 3 is 1.84 bits per heavy atom. The molecule has 160 valence electrons. The highest BCUT2D eigenvalue weighted by Crippen LogP contribution is 2.36. The van der Waals surface area contributed by atoms with E-state index < -0.39 is 11.5 Å². The molecule has 0 aromatic heterocycles. The first-order chi connectivity index (χ1) is 14.9. The molecule has 1 fully saturated rings. The van der Waals surface area contributed by atoms with Crippen LogP contribution in [-0.2, 0) is 19.8 Å². The van der Waals surface area contributed by atoms with Gasteiger partial charge in [-0.2, -0.15) is 0 Å². The molecule has 5 heteroatoms. The first kappa shape index (κ1) is 21.0. The number of hydrogen-bond acceptors (Lipinski definition) is 3. The summed E-state index contributed by atoms with van der Waals surface area (Å²) in [7, 11) is 0. The van der Waals surface area contributed by atoms with Gasteiger partial charge >= 0.3 is 0 Å². The fourth-order valence-electron chi connectivity index (χ4n) is 4.72. The molecule has 1 N–H and O–H groups in total. The summed E-state index contributed by atoms with van der Waals surface area (Å²) in [5.74, 6) is -1.42. The number of hydrogen-bond donors (Lipinski definition) is 1. The number of fused-ring (bicyclic) bond motifs is 1. The van der Waals surface area contributed by atoms with Crippen LogP contribution in [0.5, 0.6) is 0 Å². The van der Waals surface area contributed by atoms with Crippen LogP contribution in [0.3, 0.4) is 0 Å². The molecule has 4 rings (SSSR count). The van der Waals surface area contributed by atoms with Gasteiger partial charge in [-0.3, -0.25) is 19.3 Å². The van der Waals surface area contributed by atoms with Crippen molar-refractivity contribution >= 4 is 17.7 Å². The fraction of sp³-hybridized carbons (Fsp3) is 0.346. The molecule has 0 spiro atoms. The standard InChI is InChI=1S/C26H28N2O3/c1-18(28-24(30)21-15-9-10-16-22(21)25(28)31)23(29)27-17-26(2,19-11-5-3-6-12-19)20-13-7-4-8-14-20/h3-14,18,21-22H,15-17H2,1-2H3,(H,27,29)/t18-,21-,22+/m1/s1. The summed E-state index contributed by atoms with van der Waals surface area (Å²) in [6.45, 7) is 4.09. The molecule has 1 heterocycles. The van der Waals surface area contributed by atoms with Crippen molar-refractivity contribution in [1.29, 1.82) is 0 Å². The minimum atomic E-state index is -0.832. The maximum absolute atomic E-state index is 13.1. The molecule has 1 aliphatic heterocycles. The van der Waals surface area contributed by atoms with Gasteiger partial charge in [0.25, 0.3) is 0 Å². The number of benzene rings is 2. The molecule has 0 unspecified atom stereocenters. The molecule has 2 aromatic rings. The third-order valence-electron chi connectivity index (χ3n) is 6.75. The van der Waals surface area contributed by atoms with Gasteiger partial charge in [-0.05, 0) is 37.8 Å². The van der Waals surface area contributed by atoms with Gasteiger partial charge in [0.15, 0.2) is 0 Å². The van der Waals surface area contributed by atoms with Gasteiger partial charge in [-0.25, -0.2) is 0 Å². The Labute approximate surface area is 183 Å². The Balaban J connectivity index is 1.52. The largest absolute Gasteiger partial charge is 0.353 e. The summed E-state index contributed by atoms with van der Waals surface area (Å²) in [4.78, 5) is 39.9. The van der Waals surface area contributed by atoms with Crippen molar-refractivity contribution in [2.75, 3.05) is 6.54 Å². The number of nitrogens with one attached hydrogen (secondary N) is 1. The van der Waals surface area contributed by atoms with Gasteiger partial charge in [0.05, 0.1) is 11.8 Å². The van der Waals surface area contributed by atoms with E-state index in [4.69, 9.17) is 0 Å². The monoisotopic (exact) mass is 416 g/mol. The summed E-state index contributed by atoms with van der Waals surface area (Å²) >= 11 is 0. The second-order valence-electron chi connectivity index (χ2n) is 8.66. The van der Waals surface area contributed by atoms with Gasteiger partial charge in [-0.1, -0.05) is 72.8 Å². The first-order valence-corrected chi connectivity index (χ1v) is 10.8. The third kappa shape index (κ3) is 3.80. The minimum absolute atomic E-state index is 0.226. The van der Waals surface area contributed by atoms with Crippen LogP contribution in [0.4, 0.5) is 0 Å². The second kappa shape index (κ2) is 8.50. The zero-order valence-electron chi connectivity index (χ0n) is 18.0. The van der Waals surface area contributed by atoms with Crippen molar-refractivity contribution in [1.82, 2.24) is 10.2 Å². The SMILES string of the molecule is C[C@H](C(=O)NCC(C)(c1ccccc1)c1ccccc1)N1C(=O)[C@H]2CC=CC[C@H]2C1=O. The Bertz CT molecular complexity index is 934. The maximum Gasteiger partial charge on any atom is 0.243 e. The number of likely N-dealkylation sites (tertiary alicyclic amines) is 1. The first-order valence-electron chi connectivity index (χ1n) is 10.8. The molecule has 5 nitrogen and oxygen atoms in total. The summed E-state index contributed by atoms with van der Waals surface area (Å²) in [6.07, 6.45) is 5.04. The second-order valence-corrected chi connectivity index (χ2v) is 8.66. The average Bonchev–Trinajstić information content (AvgIpc) is 3.08. The number of amides is 3. The minimum Gasteiger partial charge on any atom is -0.353 e. The lowest BCUT2D eigenvalue weighted by atomic mass is 9.76. The van der Waals surface area contributed by atoms with Crippen LogP contribution >= 0.6 is 0 Å². The molecular formula is C26H28N2O3. The Kier molecular flexibility index (Phi) is 5.77. The van der Waals surface area contributed by atoms with Crippen LogP contribution in [0, 0.1) is 11.8 Å². The molecular weight excluding hydrogens is 388 g/mol. The zero-order valence-corrected chi connectivity index (χ0v) is 18.0. The Morgan fingerprint density at radius 1 is 0.935 bits per heavy atom. The molecule has 0 bridgehead atoms. The summed E-state index contributed by atoms with van der Waals surface area (Å²) in [5, 5.41) is 3.02. The fourth-order valence-corrected chi connectivity index (χ4v) is 4.72. The van der Waals surface area contributed by atoms with E-state index in [2.05, 4.69) is 12.2 Å². The highest BCUT2D eigenvalue weighted by Gasteiger charge is 2.50. The lowest BCUT2D eigenvalue weighted by molar-refractivity contribution is -0.147. The van der Waals surface area contributed by atoms with Gasteiger partial charge in [0.1, 0.15) is 6.04 Å². The highest BCUT2D eigenvalue weighted by atomic mass is 16.2. The van der Waals surface area contributed by atoms with Crippen LogP contribution in [0.25, 0.3) is 0 Å². The van der Waals surface area contributed by atoms with E-state index in [9.17, 15) is 14.4 Å². The molecule has 2 aliphatic rings. The van der Waals surface area contributed by atoms with Crippen LogP contribution in [0.15, 0.2) is 72.8 Å². The van der Waals surface area contributed by atoms with Crippen LogP contribution in [0.2, 0.25) is 0 Å². The summed E-state index contributed by atoms with van der Waals surface area (Å²) in [6, 6.07) is 19.2. The van der Waals surface area contributed by atoms with Crippen LogP contribution in [0.1, 0.15) is 37.8 Å². The van der Waals surface area contributed by atoms with Crippen molar-refractivity contribution in [3.63, 3.8) is 0 Å². The molecule has 0 radical (unpaired) electrons. The third-order valence-corrected chi connectivity index (χ3v) is 6.75. The molecule has 1 aliphatic carbocycles. The summed E-state index contributed by atoms with van der Waals surface area (Å²) in [5.41, 5.74) is 1.72. The van der Waals surface area contributed by atoms with E-state index >= 15 is 0 Å².